The number of hydrogen-bond acceptors (Lipinski definition) is 3. The van der Waals surface area contributed by atoms with Crippen LogP contribution in [0.3, 0.4) is 0 Å². The van der Waals surface area contributed by atoms with Crippen molar-refractivity contribution in [1.29, 1.82) is 0 Å². The minimum atomic E-state index is -0.324. The van der Waals surface area contributed by atoms with Crippen molar-refractivity contribution in [1.82, 2.24) is 4.90 Å². The number of nitrogen functional groups attached to an aromatic ring is 1. The standard InChI is InChI=1S/C16H17FN2O2/c1-19(10-11-4-3-5-12(17)8-11)16(20)14-9-13(18)6-7-15(14)21-2/h3-9H,10,18H2,1-2H3. The lowest BCUT2D eigenvalue weighted by atomic mass is 10.1. The minimum Gasteiger partial charge on any atom is -0.496 e. The molecule has 0 saturated heterocycles. The number of anilines is 1. The molecular weight excluding hydrogens is 271 g/mol. The monoisotopic (exact) mass is 288 g/mol. The highest BCUT2D eigenvalue weighted by Crippen LogP contribution is 2.23. The number of benzene rings is 2. The van der Waals surface area contributed by atoms with Crippen LogP contribution >= 0.6 is 0 Å². The Bertz CT molecular complexity index is 658. The molecule has 2 aromatic rings. The Morgan fingerprint density at radius 1 is 1.29 bits per heavy atom. The van der Waals surface area contributed by atoms with Gasteiger partial charge in [-0.25, -0.2) is 4.39 Å². The Kier molecular flexibility index (Phi) is 4.42. The summed E-state index contributed by atoms with van der Waals surface area (Å²) in [5.74, 6) is -0.0985. The van der Waals surface area contributed by atoms with E-state index in [-0.39, 0.29) is 11.7 Å². The third-order valence-corrected chi connectivity index (χ3v) is 3.11. The topological polar surface area (TPSA) is 55.6 Å². The van der Waals surface area contributed by atoms with Crippen molar-refractivity contribution >= 4 is 11.6 Å². The summed E-state index contributed by atoms with van der Waals surface area (Å²) < 4.78 is 18.4. The van der Waals surface area contributed by atoms with E-state index in [9.17, 15) is 9.18 Å². The first-order valence-electron chi connectivity index (χ1n) is 6.44. The molecule has 0 aliphatic rings. The van der Waals surface area contributed by atoms with Gasteiger partial charge in [-0.05, 0) is 35.9 Å². The molecule has 2 rings (SSSR count). The number of carbonyl (C=O) groups is 1. The maximum Gasteiger partial charge on any atom is 0.257 e. The summed E-state index contributed by atoms with van der Waals surface area (Å²) in [5, 5.41) is 0. The van der Waals surface area contributed by atoms with Crippen LogP contribution in [-0.2, 0) is 6.54 Å². The van der Waals surface area contributed by atoms with Crippen molar-refractivity contribution in [3.05, 3.63) is 59.4 Å². The number of halogens is 1. The van der Waals surface area contributed by atoms with Crippen LogP contribution in [0.1, 0.15) is 15.9 Å². The quantitative estimate of drug-likeness (QED) is 0.880. The largest absolute Gasteiger partial charge is 0.496 e. The van der Waals surface area contributed by atoms with Gasteiger partial charge in [-0.15, -0.1) is 0 Å². The normalized spacial score (nSPS) is 10.2. The fraction of sp³-hybridized carbons (Fsp3) is 0.188. The lowest BCUT2D eigenvalue weighted by molar-refractivity contribution is 0.0781. The fourth-order valence-electron chi connectivity index (χ4n) is 2.08. The van der Waals surface area contributed by atoms with Crippen LogP contribution in [0.2, 0.25) is 0 Å². The number of rotatable bonds is 4. The second kappa shape index (κ2) is 6.26. The molecule has 0 aliphatic heterocycles. The molecule has 0 aliphatic carbocycles. The molecule has 0 heterocycles. The van der Waals surface area contributed by atoms with Crippen LogP contribution < -0.4 is 10.5 Å². The van der Waals surface area contributed by atoms with Gasteiger partial charge < -0.3 is 15.4 Å². The lowest BCUT2D eigenvalue weighted by Crippen LogP contribution is -2.26. The van der Waals surface area contributed by atoms with E-state index in [0.29, 0.717) is 29.1 Å². The molecule has 0 radical (unpaired) electrons. The number of amides is 1. The van der Waals surface area contributed by atoms with Crippen molar-refractivity contribution in [2.75, 3.05) is 19.9 Å². The van der Waals surface area contributed by atoms with Crippen molar-refractivity contribution in [3.63, 3.8) is 0 Å². The summed E-state index contributed by atoms with van der Waals surface area (Å²) in [6.07, 6.45) is 0. The first-order valence-corrected chi connectivity index (χ1v) is 6.44. The number of hydrogen-bond donors (Lipinski definition) is 1. The molecule has 0 aromatic heterocycles. The summed E-state index contributed by atoms with van der Waals surface area (Å²) in [7, 11) is 3.14. The maximum atomic E-state index is 13.2. The Morgan fingerprint density at radius 2 is 2.05 bits per heavy atom. The predicted molar refractivity (Wildman–Crippen MR) is 79.6 cm³/mol. The molecular formula is C16H17FN2O2. The van der Waals surface area contributed by atoms with Gasteiger partial charge in [0, 0.05) is 19.3 Å². The highest BCUT2D eigenvalue weighted by molar-refractivity contribution is 5.97. The number of methoxy groups -OCH3 is 1. The van der Waals surface area contributed by atoms with Gasteiger partial charge in [0.25, 0.3) is 5.91 Å². The van der Waals surface area contributed by atoms with E-state index < -0.39 is 0 Å². The van der Waals surface area contributed by atoms with Gasteiger partial charge in [0.15, 0.2) is 0 Å². The zero-order valence-corrected chi connectivity index (χ0v) is 12.0. The van der Waals surface area contributed by atoms with Crippen molar-refractivity contribution < 1.29 is 13.9 Å². The molecule has 0 saturated carbocycles. The molecule has 0 atom stereocenters. The summed E-state index contributed by atoms with van der Waals surface area (Å²) in [6, 6.07) is 11.0. The van der Waals surface area contributed by atoms with Crippen molar-refractivity contribution in [2.24, 2.45) is 0 Å². The Balaban J connectivity index is 2.21. The number of nitrogens with zero attached hydrogens (tertiary/aromatic N) is 1. The third-order valence-electron chi connectivity index (χ3n) is 3.11. The molecule has 110 valence electrons. The first kappa shape index (κ1) is 14.8. The van der Waals surface area contributed by atoms with Gasteiger partial charge in [-0.3, -0.25) is 4.79 Å². The molecule has 1 amide bonds. The Labute approximate surface area is 122 Å². The van der Waals surface area contributed by atoms with Crippen LogP contribution in [0.15, 0.2) is 42.5 Å². The number of ether oxygens (including phenoxy) is 1. The van der Waals surface area contributed by atoms with E-state index in [1.165, 1.54) is 24.1 Å². The minimum absolute atomic E-state index is 0.233. The van der Waals surface area contributed by atoms with Crippen LogP contribution in [0.5, 0.6) is 5.75 Å². The zero-order valence-electron chi connectivity index (χ0n) is 12.0. The van der Waals surface area contributed by atoms with Crippen molar-refractivity contribution in [3.8, 4) is 5.75 Å². The van der Waals surface area contributed by atoms with Crippen LogP contribution in [0.25, 0.3) is 0 Å². The molecule has 4 nitrogen and oxygen atoms in total. The second-order valence-corrected chi connectivity index (χ2v) is 4.75. The molecule has 0 bridgehead atoms. The summed E-state index contributed by atoms with van der Waals surface area (Å²) in [6.45, 7) is 0.300. The van der Waals surface area contributed by atoms with E-state index >= 15 is 0 Å². The molecule has 0 fully saturated rings. The fourth-order valence-corrected chi connectivity index (χ4v) is 2.08. The van der Waals surface area contributed by atoms with E-state index in [1.54, 1.807) is 37.4 Å². The van der Waals surface area contributed by atoms with E-state index in [1.807, 2.05) is 0 Å². The SMILES string of the molecule is COc1ccc(N)cc1C(=O)N(C)Cc1cccc(F)c1. The zero-order chi connectivity index (χ0) is 15.4. The lowest BCUT2D eigenvalue weighted by Gasteiger charge is -2.19. The Hall–Kier alpha value is -2.56. The maximum absolute atomic E-state index is 13.2. The first-order chi connectivity index (χ1) is 10.0. The Morgan fingerprint density at radius 3 is 2.71 bits per heavy atom. The predicted octanol–water partition coefficient (Wildman–Crippen LogP) is 2.69. The van der Waals surface area contributed by atoms with Gasteiger partial charge in [-0.2, -0.15) is 0 Å². The molecule has 21 heavy (non-hydrogen) atoms. The van der Waals surface area contributed by atoms with Crippen molar-refractivity contribution in [2.45, 2.75) is 6.54 Å². The van der Waals surface area contributed by atoms with Crippen LogP contribution in [0.4, 0.5) is 10.1 Å². The average Bonchev–Trinajstić information content (AvgIpc) is 2.46. The van der Waals surface area contributed by atoms with E-state index in [2.05, 4.69) is 0 Å². The van der Waals surface area contributed by atoms with E-state index in [0.717, 1.165) is 0 Å². The van der Waals surface area contributed by atoms with Crippen LogP contribution in [0, 0.1) is 5.82 Å². The molecule has 5 heteroatoms. The molecule has 0 spiro atoms. The molecule has 0 unspecified atom stereocenters. The van der Waals surface area contributed by atoms with Gasteiger partial charge in [0.05, 0.1) is 12.7 Å². The summed E-state index contributed by atoms with van der Waals surface area (Å²) in [5.41, 5.74) is 7.30. The summed E-state index contributed by atoms with van der Waals surface area (Å²) in [4.78, 5) is 14.0. The third kappa shape index (κ3) is 3.51. The van der Waals surface area contributed by atoms with Gasteiger partial charge in [0.2, 0.25) is 0 Å². The van der Waals surface area contributed by atoms with E-state index in [4.69, 9.17) is 10.5 Å². The van der Waals surface area contributed by atoms with Gasteiger partial charge in [0.1, 0.15) is 11.6 Å². The highest BCUT2D eigenvalue weighted by atomic mass is 19.1. The second-order valence-electron chi connectivity index (χ2n) is 4.75. The smallest absolute Gasteiger partial charge is 0.257 e. The highest BCUT2D eigenvalue weighted by Gasteiger charge is 2.17. The van der Waals surface area contributed by atoms with Crippen LogP contribution in [-0.4, -0.2) is 25.0 Å². The number of carbonyl (C=O) groups excluding carboxylic acids is 1. The summed E-state index contributed by atoms with van der Waals surface area (Å²) >= 11 is 0. The van der Waals surface area contributed by atoms with Gasteiger partial charge >= 0.3 is 0 Å². The van der Waals surface area contributed by atoms with Gasteiger partial charge in [-0.1, -0.05) is 12.1 Å². The average molecular weight is 288 g/mol. The number of nitrogens with two attached hydrogens (primary N) is 1. The molecule has 2 N–H and O–H groups in total. The molecule has 2 aromatic carbocycles.